The minimum absolute atomic E-state index is 0.103. The molecule has 4 aromatic rings. The monoisotopic (exact) mass is 518 g/mol. The lowest BCUT2D eigenvalue weighted by atomic mass is 10.2. The van der Waals surface area contributed by atoms with Gasteiger partial charge in [-0.3, -0.25) is 14.2 Å². The summed E-state index contributed by atoms with van der Waals surface area (Å²) in [7, 11) is 0. The van der Waals surface area contributed by atoms with Gasteiger partial charge in [0.15, 0.2) is 16.1 Å². The Balaban J connectivity index is 1.50. The molecule has 12 heteroatoms. The summed E-state index contributed by atoms with van der Waals surface area (Å²) in [6, 6.07) is 14.1. The molecule has 0 radical (unpaired) electrons. The van der Waals surface area contributed by atoms with Gasteiger partial charge < -0.3 is 10.6 Å². The maximum absolute atomic E-state index is 12.6. The van der Waals surface area contributed by atoms with E-state index in [0.717, 1.165) is 5.69 Å². The number of para-hydroxylation sites is 1. The Morgan fingerprint density at radius 1 is 1.09 bits per heavy atom. The van der Waals surface area contributed by atoms with Crippen LogP contribution in [0, 0.1) is 0 Å². The zero-order valence-corrected chi connectivity index (χ0v) is 20.0. The van der Waals surface area contributed by atoms with E-state index in [1.165, 1.54) is 29.2 Å². The van der Waals surface area contributed by atoms with Crippen LogP contribution < -0.4 is 10.6 Å². The van der Waals surface area contributed by atoms with E-state index in [1.54, 1.807) is 28.3 Å². The number of amides is 2. The average Bonchev–Trinajstić information content (AvgIpc) is 3.46. The molecule has 0 unspecified atom stereocenters. The lowest BCUT2D eigenvalue weighted by molar-refractivity contribution is -0.113. The third-order valence-electron chi connectivity index (χ3n) is 4.31. The summed E-state index contributed by atoms with van der Waals surface area (Å²) >= 11 is 14.6. The molecule has 0 spiro atoms. The molecular weight excluding hydrogens is 503 g/mol. The van der Waals surface area contributed by atoms with Gasteiger partial charge in [0.2, 0.25) is 5.91 Å². The molecule has 4 rings (SSSR count). The van der Waals surface area contributed by atoms with E-state index >= 15 is 0 Å². The highest BCUT2D eigenvalue weighted by atomic mass is 35.5. The number of hydrogen-bond acceptors (Lipinski definition) is 7. The van der Waals surface area contributed by atoms with Crippen LogP contribution in [0.15, 0.2) is 65.3 Å². The molecule has 2 aromatic carbocycles. The van der Waals surface area contributed by atoms with Crippen molar-refractivity contribution in [1.82, 2.24) is 25.1 Å². The van der Waals surface area contributed by atoms with Crippen molar-refractivity contribution in [3.63, 3.8) is 0 Å². The molecule has 2 aromatic heterocycles. The molecule has 2 amide bonds. The second-order valence-corrected chi connectivity index (χ2v) is 9.23. The lowest BCUT2D eigenvalue weighted by Crippen LogP contribution is -2.25. The van der Waals surface area contributed by atoms with Gasteiger partial charge in [-0.1, -0.05) is 53.2 Å². The third kappa shape index (κ3) is 5.91. The smallest absolute Gasteiger partial charge is 0.253 e. The van der Waals surface area contributed by atoms with Gasteiger partial charge in [0.1, 0.15) is 0 Å². The fourth-order valence-electron chi connectivity index (χ4n) is 2.84. The SMILES string of the molecule is O=C(CSc1nnc(CNC(=O)c2ccc(Cl)cc2Cl)n1-c1ccccc1)Nc1nccs1. The first-order chi connectivity index (χ1) is 16.0. The Labute approximate surface area is 207 Å². The van der Waals surface area contributed by atoms with Gasteiger partial charge in [0, 0.05) is 22.3 Å². The van der Waals surface area contributed by atoms with Gasteiger partial charge in [-0.25, -0.2) is 4.98 Å². The van der Waals surface area contributed by atoms with Crippen LogP contribution in [0.3, 0.4) is 0 Å². The van der Waals surface area contributed by atoms with Gasteiger partial charge in [0.25, 0.3) is 5.91 Å². The number of thioether (sulfide) groups is 1. The predicted octanol–water partition coefficient (Wildman–Crippen LogP) is 4.69. The molecule has 0 aliphatic rings. The van der Waals surface area contributed by atoms with Crippen LogP contribution in [-0.2, 0) is 11.3 Å². The summed E-state index contributed by atoms with van der Waals surface area (Å²) in [6.45, 7) is 0.103. The highest BCUT2D eigenvalue weighted by Crippen LogP contribution is 2.24. The highest BCUT2D eigenvalue weighted by molar-refractivity contribution is 7.99. The summed E-state index contributed by atoms with van der Waals surface area (Å²) in [5.74, 6) is 0.0562. The largest absolute Gasteiger partial charge is 0.345 e. The number of nitrogens with zero attached hydrogens (tertiary/aromatic N) is 4. The summed E-state index contributed by atoms with van der Waals surface area (Å²) in [4.78, 5) is 28.9. The number of rotatable bonds is 8. The van der Waals surface area contributed by atoms with Crippen molar-refractivity contribution in [2.75, 3.05) is 11.1 Å². The second kappa shape index (κ2) is 10.8. The van der Waals surface area contributed by atoms with Crippen molar-refractivity contribution in [1.29, 1.82) is 0 Å². The molecule has 0 aliphatic heterocycles. The van der Waals surface area contributed by atoms with Crippen molar-refractivity contribution >= 4 is 63.2 Å². The number of benzene rings is 2. The lowest BCUT2D eigenvalue weighted by Gasteiger charge is -2.11. The molecular formula is C21H16Cl2N6O2S2. The minimum Gasteiger partial charge on any atom is -0.345 e. The number of carbonyl (C=O) groups is 2. The van der Waals surface area contributed by atoms with E-state index in [1.807, 2.05) is 30.3 Å². The first kappa shape index (κ1) is 23.2. The summed E-state index contributed by atoms with van der Waals surface area (Å²) in [6.07, 6.45) is 1.62. The van der Waals surface area contributed by atoms with Crippen molar-refractivity contribution in [2.24, 2.45) is 0 Å². The number of aromatic nitrogens is 4. The van der Waals surface area contributed by atoms with Crippen LogP contribution in [0.1, 0.15) is 16.2 Å². The molecule has 8 nitrogen and oxygen atoms in total. The van der Waals surface area contributed by atoms with E-state index < -0.39 is 0 Å². The van der Waals surface area contributed by atoms with Crippen LogP contribution in [0.25, 0.3) is 5.69 Å². The molecule has 0 saturated carbocycles. The van der Waals surface area contributed by atoms with Gasteiger partial charge in [-0.05, 0) is 30.3 Å². The number of anilines is 1. The van der Waals surface area contributed by atoms with Crippen LogP contribution >= 0.6 is 46.3 Å². The van der Waals surface area contributed by atoms with Crippen LogP contribution in [0.2, 0.25) is 10.0 Å². The molecule has 2 N–H and O–H groups in total. The maximum Gasteiger partial charge on any atom is 0.253 e. The number of thiazole rings is 1. The molecule has 0 bridgehead atoms. The van der Waals surface area contributed by atoms with E-state index in [4.69, 9.17) is 23.2 Å². The number of carbonyl (C=O) groups excluding carboxylic acids is 2. The van der Waals surface area contributed by atoms with Gasteiger partial charge in [-0.2, -0.15) is 0 Å². The fraction of sp³-hybridized carbons (Fsp3) is 0.0952. The fourth-order valence-corrected chi connectivity index (χ4v) is 4.65. The number of halogens is 2. The quantitative estimate of drug-likeness (QED) is 0.328. The minimum atomic E-state index is -0.365. The zero-order chi connectivity index (χ0) is 23.2. The normalized spacial score (nSPS) is 10.7. The Kier molecular flexibility index (Phi) is 7.61. The summed E-state index contributed by atoms with van der Waals surface area (Å²) in [5.41, 5.74) is 1.11. The molecule has 0 atom stereocenters. The first-order valence-electron chi connectivity index (χ1n) is 9.56. The number of hydrogen-bond donors (Lipinski definition) is 2. The Morgan fingerprint density at radius 3 is 2.64 bits per heavy atom. The molecule has 168 valence electrons. The molecule has 0 aliphatic carbocycles. The second-order valence-electron chi connectivity index (χ2n) is 6.55. The summed E-state index contributed by atoms with van der Waals surface area (Å²) in [5, 5.41) is 17.5. The van der Waals surface area contributed by atoms with Crippen LogP contribution in [-0.4, -0.2) is 37.3 Å². The van der Waals surface area contributed by atoms with Crippen LogP contribution in [0.5, 0.6) is 0 Å². The average molecular weight is 519 g/mol. The van der Waals surface area contributed by atoms with Crippen molar-refractivity contribution in [3.8, 4) is 5.69 Å². The predicted molar refractivity (Wildman–Crippen MR) is 130 cm³/mol. The highest BCUT2D eigenvalue weighted by Gasteiger charge is 2.18. The van der Waals surface area contributed by atoms with Gasteiger partial charge in [0.05, 0.1) is 22.9 Å². The van der Waals surface area contributed by atoms with E-state index in [9.17, 15) is 9.59 Å². The molecule has 33 heavy (non-hydrogen) atoms. The van der Waals surface area contributed by atoms with E-state index in [0.29, 0.717) is 26.7 Å². The molecule has 2 heterocycles. The molecule has 0 fully saturated rings. The van der Waals surface area contributed by atoms with Crippen molar-refractivity contribution < 1.29 is 9.59 Å². The third-order valence-corrected chi connectivity index (χ3v) is 6.47. The Hall–Kier alpha value is -2.92. The van der Waals surface area contributed by atoms with Crippen LogP contribution in [0.4, 0.5) is 5.13 Å². The first-order valence-corrected chi connectivity index (χ1v) is 12.2. The standard InChI is InChI=1S/C21H16Cl2N6O2S2/c22-13-6-7-15(16(23)10-13)19(31)25-11-17-27-28-21(29(17)14-4-2-1-3-5-14)33-12-18(30)26-20-24-8-9-32-20/h1-10H,11-12H2,(H,25,31)(H,24,26,30). The summed E-state index contributed by atoms with van der Waals surface area (Å²) < 4.78 is 1.80. The van der Waals surface area contributed by atoms with E-state index in [-0.39, 0.29) is 29.1 Å². The zero-order valence-electron chi connectivity index (χ0n) is 16.9. The Morgan fingerprint density at radius 2 is 1.91 bits per heavy atom. The van der Waals surface area contributed by atoms with Gasteiger partial charge in [-0.15, -0.1) is 21.5 Å². The number of nitrogens with one attached hydrogen (secondary N) is 2. The van der Waals surface area contributed by atoms with E-state index in [2.05, 4.69) is 25.8 Å². The molecule has 0 saturated heterocycles. The van der Waals surface area contributed by atoms with Gasteiger partial charge >= 0.3 is 0 Å². The van der Waals surface area contributed by atoms with Crippen molar-refractivity contribution in [2.45, 2.75) is 11.7 Å². The van der Waals surface area contributed by atoms with Crippen molar-refractivity contribution in [3.05, 3.63) is 81.5 Å². The Bertz CT molecular complexity index is 1270. The maximum atomic E-state index is 12.6. The topological polar surface area (TPSA) is 102 Å².